The van der Waals surface area contributed by atoms with E-state index in [4.69, 9.17) is 0 Å². The maximum Gasteiger partial charge on any atom is 0.170 e. The molecule has 2 rings (SSSR count). The number of benzene rings is 1. The summed E-state index contributed by atoms with van der Waals surface area (Å²) in [5.41, 5.74) is 2.90. The summed E-state index contributed by atoms with van der Waals surface area (Å²) in [7, 11) is 0. The van der Waals surface area contributed by atoms with Crippen molar-refractivity contribution in [2.75, 3.05) is 0 Å². The predicted molar refractivity (Wildman–Crippen MR) is 74.3 cm³/mol. The fraction of sp³-hybridized carbons (Fsp3) is 0.400. The van der Waals surface area contributed by atoms with Gasteiger partial charge in [-0.25, -0.2) is 9.67 Å². The molecule has 0 radical (unpaired) electrons. The Labute approximate surface area is 113 Å². The van der Waals surface area contributed by atoms with Crippen LogP contribution in [0.5, 0.6) is 0 Å². The molecule has 0 aliphatic carbocycles. The van der Waals surface area contributed by atoms with Crippen molar-refractivity contribution < 1.29 is 4.79 Å². The summed E-state index contributed by atoms with van der Waals surface area (Å²) in [5, 5.41) is 4.15. The monoisotopic (exact) mass is 257 g/mol. The van der Waals surface area contributed by atoms with Gasteiger partial charge in [-0.2, -0.15) is 5.10 Å². The summed E-state index contributed by atoms with van der Waals surface area (Å²) in [5.74, 6) is 0.847. The topological polar surface area (TPSA) is 47.8 Å². The summed E-state index contributed by atoms with van der Waals surface area (Å²) in [6.45, 7) is 6.84. The Morgan fingerprint density at radius 3 is 2.84 bits per heavy atom. The predicted octanol–water partition coefficient (Wildman–Crippen LogP) is 2.73. The minimum absolute atomic E-state index is 0.103. The molecule has 1 aromatic carbocycles. The molecule has 1 heterocycles. The van der Waals surface area contributed by atoms with Crippen molar-refractivity contribution in [2.45, 2.75) is 40.2 Å². The van der Waals surface area contributed by atoms with Crippen LogP contribution < -0.4 is 0 Å². The van der Waals surface area contributed by atoms with Crippen LogP contribution in [0.25, 0.3) is 0 Å². The lowest BCUT2D eigenvalue weighted by atomic mass is 10.00. The van der Waals surface area contributed by atoms with Gasteiger partial charge in [0.25, 0.3) is 0 Å². The SMILES string of the molecule is CCCn1ncnc1CC(=O)c1cc(C)ccc1C. The maximum absolute atomic E-state index is 12.4. The van der Waals surface area contributed by atoms with Gasteiger partial charge in [-0.3, -0.25) is 4.79 Å². The van der Waals surface area contributed by atoms with Gasteiger partial charge in [0.2, 0.25) is 0 Å². The van der Waals surface area contributed by atoms with Gasteiger partial charge in [-0.1, -0.05) is 24.6 Å². The number of aryl methyl sites for hydroxylation is 3. The zero-order valence-electron chi connectivity index (χ0n) is 11.7. The number of hydrogen-bond acceptors (Lipinski definition) is 3. The molecule has 0 saturated carbocycles. The second kappa shape index (κ2) is 5.78. The summed E-state index contributed by atoms with van der Waals surface area (Å²) >= 11 is 0. The molecule has 4 heteroatoms. The van der Waals surface area contributed by atoms with E-state index < -0.39 is 0 Å². The number of hydrogen-bond donors (Lipinski definition) is 0. The van der Waals surface area contributed by atoms with E-state index in [9.17, 15) is 4.79 Å². The van der Waals surface area contributed by atoms with Crippen molar-refractivity contribution in [3.05, 3.63) is 47.0 Å². The maximum atomic E-state index is 12.4. The third kappa shape index (κ3) is 3.08. The molecule has 1 aromatic heterocycles. The Kier molecular flexibility index (Phi) is 4.10. The second-order valence-corrected chi connectivity index (χ2v) is 4.82. The van der Waals surface area contributed by atoms with Crippen molar-refractivity contribution in [2.24, 2.45) is 0 Å². The van der Waals surface area contributed by atoms with Crippen LogP contribution in [0.15, 0.2) is 24.5 Å². The van der Waals surface area contributed by atoms with Crippen LogP contribution in [-0.4, -0.2) is 20.5 Å². The molecule has 2 aromatic rings. The lowest BCUT2D eigenvalue weighted by molar-refractivity contribution is 0.0988. The number of ketones is 1. The van der Waals surface area contributed by atoms with Crippen LogP contribution >= 0.6 is 0 Å². The minimum Gasteiger partial charge on any atom is -0.294 e. The Morgan fingerprint density at radius 1 is 1.32 bits per heavy atom. The van der Waals surface area contributed by atoms with Crippen LogP contribution in [0.4, 0.5) is 0 Å². The number of carbonyl (C=O) groups excluding carboxylic acids is 1. The van der Waals surface area contributed by atoms with Gasteiger partial charge in [-0.05, 0) is 31.9 Å². The average molecular weight is 257 g/mol. The van der Waals surface area contributed by atoms with Gasteiger partial charge in [0.1, 0.15) is 12.2 Å². The fourth-order valence-corrected chi connectivity index (χ4v) is 2.10. The summed E-state index contributed by atoms with van der Waals surface area (Å²) in [4.78, 5) is 16.5. The largest absolute Gasteiger partial charge is 0.294 e. The lowest BCUT2D eigenvalue weighted by Gasteiger charge is -2.07. The number of carbonyl (C=O) groups is 1. The van der Waals surface area contributed by atoms with E-state index >= 15 is 0 Å². The smallest absolute Gasteiger partial charge is 0.170 e. The van der Waals surface area contributed by atoms with Crippen LogP contribution in [-0.2, 0) is 13.0 Å². The molecule has 0 unspecified atom stereocenters. The molecular formula is C15H19N3O. The van der Waals surface area contributed by atoms with Gasteiger partial charge in [0.05, 0.1) is 6.42 Å². The second-order valence-electron chi connectivity index (χ2n) is 4.82. The molecule has 0 saturated heterocycles. The van der Waals surface area contributed by atoms with E-state index in [0.29, 0.717) is 6.42 Å². The highest BCUT2D eigenvalue weighted by atomic mass is 16.1. The summed E-state index contributed by atoms with van der Waals surface area (Å²) < 4.78 is 1.81. The zero-order chi connectivity index (χ0) is 13.8. The van der Waals surface area contributed by atoms with Crippen molar-refractivity contribution in [3.8, 4) is 0 Å². The number of rotatable bonds is 5. The van der Waals surface area contributed by atoms with Gasteiger partial charge in [0, 0.05) is 12.1 Å². The van der Waals surface area contributed by atoms with Crippen LogP contribution in [0.3, 0.4) is 0 Å². The molecule has 0 amide bonds. The van der Waals surface area contributed by atoms with E-state index in [-0.39, 0.29) is 5.78 Å². The molecule has 0 N–H and O–H groups in total. The Morgan fingerprint density at radius 2 is 2.11 bits per heavy atom. The molecule has 0 aliphatic heterocycles. The molecule has 0 bridgehead atoms. The van der Waals surface area contributed by atoms with Crippen molar-refractivity contribution in [1.82, 2.24) is 14.8 Å². The first-order valence-electron chi connectivity index (χ1n) is 6.59. The Balaban J connectivity index is 2.21. The highest BCUT2D eigenvalue weighted by molar-refractivity contribution is 5.98. The van der Waals surface area contributed by atoms with E-state index in [1.165, 1.54) is 6.33 Å². The molecular weight excluding hydrogens is 238 g/mol. The Bertz CT molecular complexity index is 587. The average Bonchev–Trinajstić information content (AvgIpc) is 2.80. The third-order valence-corrected chi connectivity index (χ3v) is 3.14. The minimum atomic E-state index is 0.103. The first-order valence-corrected chi connectivity index (χ1v) is 6.59. The molecule has 0 spiro atoms. The first kappa shape index (κ1) is 13.5. The summed E-state index contributed by atoms with van der Waals surface area (Å²) in [6, 6.07) is 5.95. The quantitative estimate of drug-likeness (QED) is 0.774. The number of Topliss-reactive ketones (excluding diaryl/α,β-unsaturated/α-hetero) is 1. The number of nitrogens with zero attached hydrogens (tertiary/aromatic N) is 3. The van der Waals surface area contributed by atoms with Gasteiger partial charge >= 0.3 is 0 Å². The van der Waals surface area contributed by atoms with Crippen molar-refractivity contribution >= 4 is 5.78 Å². The van der Waals surface area contributed by atoms with Crippen LogP contribution in [0.2, 0.25) is 0 Å². The van der Waals surface area contributed by atoms with E-state index in [0.717, 1.165) is 35.5 Å². The molecule has 0 aliphatic rings. The molecule has 0 fully saturated rings. The fourth-order valence-electron chi connectivity index (χ4n) is 2.10. The van der Waals surface area contributed by atoms with E-state index in [1.54, 1.807) is 0 Å². The van der Waals surface area contributed by atoms with Crippen LogP contribution in [0.1, 0.15) is 40.7 Å². The van der Waals surface area contributed by atoms with E-state index in [2.05, 4.69) is 17.0 Å². The molecule has 100 valence electrons. The standard InChI is InChI=1S/C15H19N3O/c1-4-7-18-15(16-10-17-18)9-14(19)13-8-11(2)5-6-12(13)3/h5-6,8,10H,4,7,9H2,1-3H3. The first-order chi connectivity index (χ1) is 9.11. The zero-order valence-corrected chi connectivity index (χ0v) is 11.7. The number of aromatic nitrogens is 3. The molecule has 19 heavy (non-hydrogen) atoms. The van der Waals surface area contributed by atoms with Crippen LogP contribution in [0, 0.1) is 13.8 Å². The molecule has 0 atom stereocenters. The highest BCUT2D eigenvalue weighted by Gasteiger charge is 2.14. The van der Waals surface area contributed by atoms with Gasteiger partial charge in [-0.15, -0.1) is 0 Å². The lowest BCUT2D eigenvalue weighted by Crippen LogP contribution is -2.12. The van der Waals surface area contributed by atoms with Gasteiger partial charge < -0.3 is 0 Å². The molecule has 4 nitrogen and oxygen atoms in total. The summed E-state index contributed by atoms with van der Waals surface area (Å²) in [6.07, 6.45) is 2.81. The third-order valence-electron chi connectivity index (χ3n) is 3.14. The van der Waals surface area contributed by atoms with Crippen molar-refractivity contribution in [1.29, 1.82) is 0 Å². The Hall–Kier alpha value is -1.97. The van der Waals surface area contributed by atoms with Gasteiger partial charge in [0.15, 0.2) is 5.78 Å². The normalized spacial score (nSPS) is 10.7. The van der Waals surface area contributed by atoms with Crippen molar-refractivity contribution in [3.63, 3.8) is 0 Å². The van der Waals surface area contributed by atoms with E-state index in [1.807, 2.05) is 36.7 Å². The highest BCUT2D eigenvalue weighted by Crippen LogP contribution is 2.13.